The van der Waals surface area contributed by atoms with Crippen LogP contribution in [0.3, 0.4) is 0 Å². The molecule has 0 saturated heterocycles. The Morgan fingerprint density at radius 1 is 1.32 bits per heavy atom. The summed E-state index contributed by atoms with van der Waals surface area (Å²) in [7, 11) is 0. The highest BCUT2D eigenvalue weighted by atomic mass is 79.9. The van der Waals surface area contributed by atoms with Gasteiger partial charge in [0.1, 0.15) is 11.6 Å². The minimum atomic E-state index is -0.529. The van der Waals surface area contributed by atoms with E-state index in [0.29, 0.717) is 17.5 Å². The summed E-state index contributed by atoms with van der Waals surface area (Å²) in [5.41, 5.74) is 1.09. The van der Waals surface area contributed by atoms with Crippen LogP contribution in [0.1, 0.15) is 29.5 Å². The molecule has 2 N–H and O–H groups in total. The normalized spacial score (nSPS) is 23.7. The molecule has 1 heterocycles. The van der Waals surface area contributed by atoms with E-state index in [-0.39, 0.29) is 35.0 Å². The van der Waals surface area contributed by atoms with E-state index in [2.05, 4.69) is 21.2 Å². The lowest BCUT2D eigenvalue weighted by Crippen LogP contribution is -2.30. The van der Waals surface area contributed by atoms with Crippen LogP contribution in [0, 0.1) is 21.8 Å². The van der Waals surface area contributed by atoms with Crippen molar-refractivity contribution >= 4 is 27.3 Å². The number of rotatable bonds is 2. The summed E-state index contributed by atoms with van der Waals surface area (Å²) in [5, 5.41) is 24.8. The number of phenolic OH excluding ortho intramolecular Hbond substituents is 1. The Morgan fingerprint density at radius 3 is 2.88 bits per heavy atom. The van der Waals surface area contributed by atoms with E-state index in [1.54, 1.807) is 18.2 Å². The highest BCUT2D eigenvalue weighted by molar-refractivity contribution is 9.10. The van der Waals surface area contributed by atoms with Crippen molar-refractivity contribution < 1.29 is 14.4 Å². The zero-order valence-electron chi connectivity index (χ0n) is 12.9. The molecule has 0 amide bonds. The van der Waals surface area contributed by atoms with Crippen molar-refractivity contribution in [2.75, 3.05) is 5.32 Å². The van der Waals surface area contributed by atoms with Gasteiger partial charge >= 0.3 is 0 Å². The number of fused-ring (bicyclic) bond motifs is 3. The fourth-order valence-corrected chi connectivity index (χ4v) is 4.27. The molecule has 0 aromatic heterocycles. The molecule has 0 bridgehead atoms. The van der Waals surface area contributed by atoms with Gasteiger partial charge in [-0.25, -0.2) is 4.39 Å². The molecule has 4 rings (SSSR count). The first kappa shape index (κ1) is 16.1. The van der Waals surface area contributed by atoms with Gasteiger partial charge in [0.2, 0.25) is 0 Å². The summed E-state index contributed by atoms with van der Waals surface area (Å²) in [6.45, 7) is 0. The Balaban J connectivity index is 1.90. The highest BCUT2D eigenvalue weighted by Gasteiger charge is 2.43. The SMILES string of the molecule is O=[N+]([O-])c1ccc(F)c2c1C1C=CCC1C(c1cc(Br)ccc1O)N2. The predicted octanol–water partition coefficient (Wildman–Crippen LogP) is 5.03. The molecule has 7 heteroatoms. The van der Waals surface area contributed by atoms with Crippen molar-refractivity contribution in [3.05, 3.63) is 74.0 Å². The number of nitro benzene ring substituents is 1. The molecule has 0 fully saturated rings. The maximum Gasteiger partial charge on any atom is 0.275 e. The van der Waals surface area contributed by atoms with Crippen molar-refractivity contribution in [3.8, 4) is 5.75 Å². The molecule has 1 aliphatic carbocycles. The number of anilines is 1. The molecule has 25 heavy (non-hydrogen) atoms. The number of phenols is 1. The summed E-state index contributed by atoms with van der Waals surface area (Å²) in [4.78, 5) is 10.9. The zero-order chi connectivity index (χ0) is 17.7. The van der Waals surface area contributed by atoms with E-state index in [1.807, 2.05) is 12.2 Å². The molecule has 1 aliphatic heterocycles. The van der Waals surface area contributed by atoms with E-state index in [0.717, 1.165) is 10.5 Å². The number of halogens is 2. The lowest BCUT2D eigenvalue weighted by molar-refractivity contribution is -0.385. The van der Waals surface area contributed by atoms with Crippen molar-refractivity contribution in [3.63, 3.8) is 0 Å². The van der Waals surface area contributed by atoms with Crippen LogP contribution in [0.5, 0.6) is 5.75 Å². The van der Waals surface area contributed by atoms with E-state index in [4.69, 9.17) is 0 Å². The first-order valence-corrected chi connectivity index (χ1v) is 8.65. The van der Waals surface area contributed by atoms with Gasteiger partial charge in [0.05, 0.1) is 22.2 Å². The van der Waals surface area contributed by atoms with Gasteiger partial charge < -0.3 is 10.4 Å². The van der Waals surface area contributed by atoms with Gasteiger partial charge in [-0.15, -0.1) is 0 Å². The second kappa shape index (κ2) is 5.84. The Labute approximate surface area is 151 Å². The average Bonchev–Trinajstić information content (AvgIpc) is 3.06. The van der Waals surface area contributed by atoms with Crippen LogP contribution in [0.15, 0.2) is 47.0 Å². The number of hydrogen-bond donors (Lipinski definition) is 2. The van der Waals surface area contributed by atoms with E-state index in [9.17, 15) is 19.6 Å². The lowest BCUT2D eigenvalue weighted by Gasteiger charge is -2.37. The van der Waals surface area contributed by atoms with Crippen LogP contribution in [0.2, 0.25) is 0 Å². The fourth-order valence-electron chi connectivity index (χ4n) is 3.90. The van der Waals surface area contributed by atoms with Crippen LogP contribution in [0.4, 0.5) is 15.8 Å². The number of aromatic hydroxyl groups is 1. The first-order chi connectivity index (χ1) is 12.0. The maximum absolute atomic E-state index is 14.5. The number of hydrogen-bond acceptors (Lipinski definition) is 4. The van der Waals surface area contributed by atoms with Gasteiger partial charge in [0.25, 0.3) is 5.69 Å². The average molecular weight is 405 g/mol. The lowest BCUT2D eigenvalue weighted by atomic mass is 9.76. The summed E-state index contributed by atoms with van der Waals surface area (Å²) in [6, 6.07) is 7.09. The number of nitrogens with one attached hydrogen (secondary N) is 1. The van der Waals surface area contributed by atoms with Crippen molar-refractivity contribution in [1.29, 1.82) is 0 Å². The number of benzene rings is 2. The molecule has 2 aromatic carbocycles. The number of allylic oxidation sites excluding steroid dienone is 2. The molecule has 0 radical (unpaired) electrons. The summed E-state index contributed by atoms with van der Waals surface area (Å²) in [5.74, 6) is -0.719. The van der Waals surface area contributed by atoms with Gasteiger partial charge in [0, 0.05) is 22.0 Å². The minimum absolute atomic E-state index is 0.0341. The zero-order valence-corrected chi connectivity index (χ0v) is 14.5. The van der Waals surface area contributed by atoms with Gasteiger partial charge in [-0.2, -0.15) is 0 Å². The van der Waals surface area contributed by atoms with Crippen molar-refractivity contribution in [2.24, 2.45) is 5.92 Å². The summed E-state index contributed by atoms with van der Waals surface area (Å²) < 4.78 is 15.3. The van der Waals surface area contributed by atoms with Crippen molar-refractivity contribution in [2.45, 2.75) is 18.4 Å². The smallest absolute Gasteiger partial charge is 0.275 e. The third-order valence-corrected chi connectivity index (χ3v) is 5.46. The maximum atomic E-state index is 14.5. The molecule has 0 spiro atoms. The largest absolute Gasteiger partial charge is 0.508 e. The molecule has 0 saturated carbocycles. The number of nitro groups is 1. The molecule has 2 aromatic rings. The third kappa shape index (κ3) is 2.50. The van der Waals surface area contributed by atoms with E-state index >= 15 is 0 Å². The van der Waals surface area contributed by atoms with Crippen LogP contribution >= 0.6 is 15.9 Å². The second-order valence-corrected chi connectivity index (χ2v) is 7.21. The minimum Gasteiger partial charge on any atom is -0.508 e. The van der Waals surface area contributed by atoms with Gasteiger partial charge in [-0.3, -0.25) is 10.1 Å². The van der Waals surface area contributed by atoms with Crippen LogP contribution in [-0.4, -0.2) is 10.0 Å². The van der Waals surface area contributed by atoms with Gasteiger partial charge in [-0.1, -0.05) is 28.1 Å². The first-order valence-electron chi connectivity index (χ1n) is 7.85. The summed E-state index contributed by atoms with van der Waals surface area (Å²) in [6.07, 6.45) is 4.56. The Hall–Kier alpha value is -2.41. The monoisotopic (exact) mass is 404 g/mol. The molecular weight excluding hydrogens is 391 g/mol. The number of nitrogens with zero attached hydrogens (tertiary/aromatic N) is 1. The standard InChI is InChI=1S/C18H14BrFN2O3/c19-9-4-7-15(23)12(8-9)17-11-3-1-2-10(11)16-14(22(24)25)6-5-13(20)18(16)21-17/h1-2,4-8,10-11,17,21,23H,3H2. The fraction of sp³-hybridized carbons (Fsp3) is 0.222. The molecule has 5 nitrogen and oxygen atoms in total. The predicted molar refractivity (Wildman–Crippen MR) is 95.2 cm³/mol. The Morgan fingerprint density at radius 2 is 2.12 bits per heavy atom. The van der Waals surface area contributed by atoms with Gasteiger partial charge in [-0.05, 0) is 36.6 Å². The topological polar surface area (TPSA) is 75.4 Å². The molecule has 3 atom stereocenters. The molecule has 2 aliphatic rings. The van der Waals surface area contributed by atoms with E-state index in [1.165, 1.54) is 6.07 Å². The molecular formula is C18H14BrFN2O3. The van der Waals surface area contributed by atoms with Crippen molar-refractivity contribution in [1.82, 2.24) is 0 Å². The molecule has 128 valence electrons. The Bertz CT molecular complexity index is 915. The van der Waals surface area contributed by atoms with E-state index < -0.39 is 10.7 Å². The molecule has 3 unspecified atom stereocenters. The second-order valence-electron chi connectivity index (χ2n) is 6.29. The van der Waals surface area contributed by atoms with Crippen LogP contribution in [0.25, 0.3) is 0 Å². The third-order valence-electron chi connectivity index (χ3n) is 4.97. The van der Waals surface area contributed by atoms with Gasteiger partial charge in [0.15, 0.2) is 0 Å². The van der Waals surface area contributed by atoms with Crippen LogP contribution < -0.4 is 5.32 Å². The quantitative estimate of drug-likeness (QED) is 0.418. The Kier molecular flexibility index (Phi) is 3.76. The summed E-state index contributed by atoms with van der Waals surface area (Å²) >= 11 is 3.39. The van der Waals surface area contributed by atoms with Crippen LogP contribution in [-0.2, 0) is 0 Å². The highest BCUT2D eigenvalue weighted by Crippen LogP contribution is 2.54.